The third-order valence-corrected chi connectivity index (χ3v) is 5.46. The van der Waals surface area contributed by atoms with Crippen molar-refractivity contribution in [3.63, 3.8) is 0 Å². The Balaban J connectivity index is 1.70. The molecule has 0 heterocycles. The first kappa shape index (κ1) is 22.3. The summed E-state index contributed by atoms with van der Waals surface area (Å²) in [6.07, 6.45) is 0. The number of hydrogen-bond acceptors (Lipinski definition) is 4. The topological polar surface area (TPSA) is 55.4 Å². The number of amides is 1. The molecular formula is C22H26ClNO3S. The molecule has 2 aromatic rings. The third kappa shape index (κ3) is 7.56. The third-order valence-electron chi connectivity index (χ3n) is 4.18. The van der Waals surface area contributed by atoms with Crippen molar-refractivity contribution in [1.82, 2.24) is 5.32 Å². The van der Waals surface area contributed by atoms with Crippen LogP contribution in [-0.2, 0) is 20.1 Å². The first-order valence-corrected chi connectivity index (χ1v) is 10.8. The molecule has 1 N–H and O–H groups in total. The number of nitrogens with one attached hydrogen (secondary N) is 1. The van der Waals surface area contributed by atoms with E-state index >= 15 is 0 Å². The number of hydrogen-bond donors (Lipinski definition) is 1. The number of thioether (sulfide) groups is 1. The monoisotopic (exact) mass is 419 g/mol. The Kier molecular flexibility index (Phi) is 9.38. The SMILES string of the molecule is CC(C)[C@@H](C(=O)OCC(=O)NCCSCc1ccccc1)c1ccc(Cl)cc1. The smallest absolute Gasteiger partial charge is 0.314 e. The van der Waals surface area contributed by atoms with Gasteiger partial charge in [0.05, 0.1) is 5.92 Å². The first-order valence-electron chi connectivity index (χ1n) is 9.28. The lowest BCUT2D eigenvalue weighted by atomic mass is 9.88. The standard InChI is InChI=1S/C22H26ClNO3S/c1-16(2)21(18-8-10-19(23)11-9-18)22(26)27-14-20(25)24-12-13-28-15-17-6-4-3-5-7-17/h3-11,16,21H,12-15H2,1-2H3,(H,24,25)/t21-/m1/s1. The molecule has 1 atom stereocenters. The summed E-state index contributed by atoms with van der Waals surface area (Å²) >= 11 is 7.66. The first-order chi connectivity index (χ1) is 13.5. The van der Waals surface area contributed by atoms with Crippen LogP contribution in [0.15, 0.2) is 54.6 Å². The van der Waals surface area contributed by atoms with Crippen molar-refractivity contribution in [2.75, 3.05) is 18.9 Å². The molecule has 0 unspecified atom stereocenters. The van der Waals surface area contributed by atoms with E-state index < -0.39 is 11.9 Å². The minimum atomic E-state index is -0.425. The van der Waals surface area contributed by atoms with E-state index in [2.05, 4.69) is 17.4 Å². The van der Waals surface area contributed by atoms with E-state index in [1.54, 1.807) is 23.9 Å². The van der Waals surface area contributed by atoms with Crippen LogP contribution < -0.4 is 5.32 Å². The molecule has 0 saturated carbocycles. The summed E-state index contributed by atoms with van der Waals surface area (Å²) < 4.78 is 5.25. The van der Waals surface area contributed by atoms with Gasteiger partial charge in [-0.25, -0.2) is 0 Å². The Morgan fingerprint density at radius 2 is 1.75 bits per heavy atom. The highest BCUT2D eigenvalue weighted by Crippen LogP contribution is 2.27. The quantitative estimate of drug-likeness (QED) is 0.449. The highest BCUT2D eigenvalue weighted by Gasteiger charge is 2.26. The van der Waals surface area contributed by atoms with Crippen molar-refractivity contribution >= 4 is 35.2 Å². The molecule has 4 nitrogen and oxygen atoms in total. The van der Waals surface area contributed by atoms with Gasteiger partial charge in [0, 0.05) is 23.1 Å². The van der Waals surface area contributed by atoms with Crippen LogP contribution in [0.3, 0.4) is 0 Å². The zero-order chi connectivity index (χ0) is 20.4. The van der Waals surface area contributed by atoms with Gasteiger partial charge in [0.2, 0.25) is 0 Å². The van der Waals surface area contributed by atoms with Crippen LogP contribution in [0.2, 0.25) is 5.02 Å². The molecule has 150 valence electrons. The fourth-order valence-electron chi connectivity index (χ4n) is 2.77. The zero-order valence-corrected chi connectivity index (χ0v) is 17.8. The van der Waals surface area contributed by atoms with Gasteiger partial charge in [0.15, 0.2) is 6.61 Å². The van der Waals surface area contributed by atoms with Gasteiger partial charge >= 0.3 is 5.97 Å². The largest absolute Gasteiger partial charge is 0.455 e. The number of esters is 1. The van der Waals surface area contributed by atoms with Crippen molar-refractivity contribution in [1.29, 1.82) is 0 Å². The second-order valence-corrected chi connectivity index (χ2v) is 8.31. The van der Waals surface area contributed by atoms with Crippen molar-refractivity contribution < 1.29 is 14.3 Å². The van der Waals surface area contributed by atoms with E-state index in [1.165, 1.54) is 5.56 Å². The lowest BCUT2D eigenvalue weighted by molar-refractivity contribution is -0.151. The number of benzene rings is 2. The summed E-state index contributed by atoms with van der Waals surface area (Å²) in [7, 11) is 0. The summed E-state index contributed by atoms with van der Waals surface area (Å²) in [4.78, 5) is 24.4. The number of rotatable bonds is 10. The van der Waals surface area contributed by atoms with Crippen LogP contribution >= 0.6 is 23.4 Å². The molecule has 0 bridgehead atoms. The van der Waals surface area contributed by atoms with Crippen LogP contribution in [0.25, 0.3) is 0 Å². The molecular weight excluding hydrogens is 394 g/mol. The molecule has 0 saturated heterocycles. The molecule has 6 heteroatoms. The van der Waals surface area contributed by atoms with Gasteiger partial charge in [-0.1, -0.05) is 67.9 Å². The highest BCUT2D eigenvalue weighted by molar-refractivity contribution is 7.98. The summed E-state index contributed by atoms with van der Waals surface area (Å²) in [6, 6.07) is 17.3. The number of halogens is 1. The van der Waals surface area contributed by atoms with Gasteiger partial charge in [-0.2, -0.15) is 11.8 Å². The Labute approximate surface area is 176 Å². The van der Waals surface area contributed by atoms with Gasteiger partial charge in [-0.3, -0.25) is 9.59 Å². The Bertz CT molecular complexity index is 750. The second kappa shape index (κ2) is 11.8. The highest BCUT2D eigenvalue weighted by atomic mass is 35.5. The average molecular weight is 420 g/mol. The fraction of sp³-hybridized carbons (Fsp3) is 0.364. The van der Waals surface area contributed by atoms with Crippen molar-refractivity contribution in [2.45, 2.75) is 25.5 Å². The lowest BCUT2D eigenvalue weighted by Gasteiger charge is -2.19. The molecule has 0 aliphatic rings. The van der Waals surface area contributed by atoms with Gasteiger partial charge in [-0.15, -0.1) is 0 Å². The summed E-state index contributed by atoms with van der Waals surface area (Å²) in [6.45, 7) is 4.17. The van der Waals surface area contributed by atoms with Crippen LogP contribution in [0.5, 0.6) is 0 Å². The number of ether oxygens (including phenoxy) is 1. The van der Waals surface area contributed by atoms with E-state index in [9.17, 15) is 9.59 Å². The van der Waals surface area contributed by atoms with Crippen molar-refractivity contribution in [3.8, 4) is 0 Å². The molecule has 0 aliphatic heterocycles. The van der Waals surface area contributed by atoms with Crippen molar-refractivity contribution in [3.05, 3.63) is 70.7 Å². The number of carbonyl (C=O) groups excluding carboxylic acids is 2. The van der Waals surface area contributed by atoms with Crippen LogP contribution in [0.4, 0.5) is 0 Å². The second-order valence-electron chi connectivity index (χ2n) is 6.77. The molecule has 1 amide bonds. The maximum absolute atomic E-state index is 12.5. The molecule has 0 radical (unpaired) electrons. The van der Waals surface area contributed by atoms with E-state index in [0.29, 0.717) is 11.6 Å². The van der Waals surface area contributed by atoms with Gasteiger partial charge in [0.25, 0.3) is 5.91 Å². The zero-order valence-electron chi connectivity index (χ0n) is 16.2. The molecule has 28 heavy (non-hydrogen) atoms. The van der Waals surface area contributed by atoms with E-state index in [1.807, 2.05) is 44.2 Å². The van der Waals surface area contributed by atoms with E-state index in [0.717, 1.165) is 17.1 Å². The van der Waals surface area contributed by atoms with E-state index in [4.69, 9.17) is 16.3 Å². The number of carbonyl (C=O) groups is 2. The molecule has 2 rings (SSSR count). The van der Waals surface area contributed by atoms with Gasteiger partial charge in [0.1, 0.15) is 0 Å². The minimum absolute atomic E-state index is 0.0473. The Morgan fingerprint density at radius 3 is 2.39 bits per heavy atom. The van der Waals surface area contributed by atoms with E-state index in [-0.39, 0.29) is 18.4 Å². The molecule has 0 fully saturated rings. The Hall–Kier alpha value is -1.98. The normalized spacial score (nSPS) is 11.9. The minimum Gasteiger partial charge on any atom is -0.455 e. The predicted molar refractivity (Wildman–Crippen MR) is 116 cm³/mol. The summed E-state index contributed by atoms with van der Waals surface area (Å²) in [5.41, 5.74) is 2.09. The lowest BCUT2D eigenvalue weighted by Crippen LogP contribution is -2.32. The fourth-order valence-corrected chi connectivity index (χ4v) is 3.71. The summed E-state index contributed by atoms with van der Waals surface area (Å²) in [5.74, 6) is 0.646. The predicted octanol–water partition coefficient (Wildman–Crippen LogP) is 4.67. The van der Waals surface area contributed by atoms with Crippen molar-refractivity contribution in [2.24, 2.45) is 5.92 Å². The van der Waals surface area contributed by atoms with Crippen LogP contribution in [-0.4, -0.2) is 30.8 Å². The maximum Gasteiger partial charge on any atom is 0.314 e. The van der Waals surface area contributed by atoms with Crippen LogP contribution in [0, 0.1) is 5.92 Å². The van der Waals surface area contributed by atoms with Gasteiger partial charge < -0.3 is 10.1 Å². The summed E-state index contributed by atoms with van der Waals surface area (Å²) in [5, 5.41) is 3.40. The van der Waals surface area contributed by atoms with Crippen LogP contribution in [0.1, 0.15) is 30.9 Å². The van der Waals surface area contributed by atoms with Gasteiger partial charge in [-0.05, 0) is 29.2 Å². The molecule has 0 aromatic heterocycles. The molecule has 0 aliphatic carbocycles. The molecule has 2 aromatic carbocycles. The maximum atomic E-state index is 12.5. The molecule has 0 spiro atoms. The Morgan fingerprint density at radius 1 is 1.07 bits per heavy atom. The average Bonchev–Trinajstić information content (AvgIpc) is 2.68.